The van der Waals surface area contributed by atoms with Crippen molar-refractivity contribution in [3.05, 3.63) is 53.4 Å². The van der Waals surface area contributed by atoms with Gasteiger partial charge in [-0.15, -0.1) is 0 Å². The van der Waals surface area contributed by atoms with Gasteiger partial charge in [0.1, 0.15) is 12.3 Å². The molecule has 0 spiro atoms. The number of amides is 1. The molecule has 2 aromatic carbocycles. The smallest absolute Gasteiger partial charge is 0.260 e. The van der Waals surface area contributed by atoms with Gasteiger partial charge in [0.15, 0.2) is 18.1 Å². The molecule has 8 nitrogen and oxygen atoms in total. The van der Waals surface area contributed by atoms with Crippen LogP contribution in [0.4, 0.5) is 0 Å². The van der Waals surface area contributed by atoms with Crippen LogP contribution in [-0.4, -0.2) is 48.3 Å². The molecule has 1 amide bonds. The van der Waals surface area contributed by atoms with Gasteiger partial charge in [-0.3, -0.25) is 4.79 Å². The lowest BCUT2D eigenvalue weighted by molar-refractivity contribution is -0.134. The van der Waals surface area contributed by atoms with Crippen LogP contribution in [0.5, 0.6) is 17.2 Å². The molecule has 0 unspecified atom stereocenters. The minimum Gasteiger partial charge on any atom is -0.493 e. The molecule has 3 aromatic rings. The summed E-state index contributed by atoms with van der Waals surface area (Å²) < 4.78 is 21.6. The van der Waals surface area contributed by atoms with E-state index in [2.05, 4.69) is 16.2 Å². The number of likely N-dealkylation sites (N-methyl/N-ethyl adjacent to an activating group) is 1. The standard InChI is InChI=1S/C23H27N3O5/c1-6-26(22(27)14-30-18-10-15(2)9-16(3)11-18)13-21-24-23(25-31-21)17-7-8-19(28-4)20(12-17)29-5/h7-12H,6,13-14H2,1-5H3. The van der Waals surface area contributed by atoms with E-state index in [1.54, 1.807) is 31.3 Å². The van der Waals surface area contributed by atoms with Gasteiger partial charge < -0.3 is 23.6 Å². The second-order valence-corrected chi connectivity index (χ2v) is 7.10. The van der Waals surface area contributed by atoms with E-state index >= 15 is 0 Å². The first kappa shape index (κ1) is 22.1. The minimum absolute atomic E-state index is 0.0621. The molecule has 0 bridgehead atoms. The fourth-order valence-electron chi connectivity index (χ4n) is 3.20. The van der Waals surface area contributed by atoms with Crippen molar-refractivity contribution >= 4 is 5.91 Å². The Hall–Kier alpha value is -3.55. The quantitative estimate of drug-likeness (QED) is 0.515. The number of nitrogens with zero attached hydrogens (tertiary/aromatic N) is 3. The van der Waals surface area contributed by atoms with Crippen molar-refractivity contribution in [1.29, 1.82) is 0 Å². The maximum atomic E-state index is 12.6. The molecular formula is C23H27N3O5. The number of carbonyl (C=O) groups is 1. The third kappa shape index (κ3) is 5.53. The van der Waals surface area contributed by atoms with Gasteiger partial charge in [0.05, 0.1) is 14.2 Å². The average Bonchev–Trinajstić information content (AvgIpc) is 3.23. The molecule has 3 rings (SSSR count). The van der Waals surface area contributed by atoms with E-state index in [4.69, 9.17) is 18.7 Å². The van der Waals surface area contributed by atoms with Gasteiger partial charge in [0.2, 0.25) is 11.7 Å². The lowest BCUT2D eigenvalue weighted by atomic mass is 10.1. The Bertz CT molecular complexity index is 1030. The van der Waals surface area contributed by atoms with Gasteiger partial charge >= 0.3 is 0 Å². The third-order valence-electron chi connectivity index (χ3n) is 4.73. The molecular weight excluding hydrogens is 398 g/mol. The van der Waals surface area contributed by atoms with Crippen LogP contribution in [0.2, 0.25) is 0 Å². The van der Waals surface area contributed by atoms with E-state index < -0.39 is 0 Å². The van der Waals surface area contributed by atoms with Crippen molar-refractivity contribution in [3.63, 3.8) is 0 Å². The summed E-state index contributed by atoms with van der Waals surface area (Å²) in [4.78, 5) is 18.7. The zero-order valence-electron chi connectivity index (χ0n) is 18.5. The number of methoxy groups -OCH3 is 2. The molecule has 0 fully saturated rings. The number of aryl methyl sites for hydroxylation is 2. The summed E-state index contributed by atoms with van der Waals surface area (Å²) in [6.45, 7) is 6.50. The van der Waals surface area contributed by atoms with Crippen molar-refractivity contribution in [2.24, 2.45) is 0 Å². The van der Waals surface area contributed by atoms with Crippen molar-refractivity contribution in [2.75, 3.05) is 27.4 Å². The van der Waals surface area contributed by atoms with Gasteiger partial charge in [0, 0.05) is 12.1 Å². The van der Waals surface area contributed by atoms with Crippen LogP contribution in [0.1, 0.15) is 23.9 Å². The van der Waals surface area contributed by atoms with E-state index in [0.29, 0.717) is 35.5 Å². The summed E-state index contributed by atoms with van der Waals surface area (Å²) in [6, 6.07) is 11.2. The van der Waals surface area contributed by atoms with Gasteiger partial charge in [-0.2, -0.15) is 4.98 Å². The lowest BCUT2D eigenvalue weighted by Gasteiger charge is -2.19. The normalized spacial score (nSPS) is 10.6. The third-order valence-corrected chi connectivity index (χ3v) is 4.73. The minimum atomic E-state index is -0.160. The maximum absolute atomic E-state index is 12.6. The van der Waals surface area contributed by atoms with E-state index in [1.165, 1.54) is 0 Å². The number of hydrogen-bond acceptors (Lipinski definition) is 7. The largest absolute Gasteiger partial charge is 0.493 e. The fourth-order valence-corrected chi connectivity index (χ4v) is 3.20. The molecule has 0 N–H and O–H groups in total. The Morgan fingerprint density at radius 1 is 1.03 bits per heavy atom. The topological polar surface area (TPSA) is 86.9 Å². The number of ether oxygens (including phenoxy) is 3. The Kier molecular flexibility index (Phi) is 7.12. The molecule has 31 heavy (non-hydrogen) atoms. The number of rotatable bonds is 9. The summed E-state index contributed by atoms with van der Waals surface area (Å²) >= 11 is 0. The van der Waals surface area contributed by atoms with Crippen molar-refractivity contribution in [1.82, 2.24) is 15.0 Å². The van der Waals surface area contributed by atoms with Gasteiger partial charge in [-0.1, -0.05) is 11.2 Å². The van der Waals surface area contributed by atoms with Gasteiger partial charge in [-0.25, -0.2) is 0 Å². The second kappa shape index (κ2) is 9.97. The highest BCUT2D eigenvalue weighted by Crippen LogP contribution is 2.31. The van der Waals surface area contributed by atoms with E-state index in [-0.39, 0.29) is 19.1 Å². The highest BCUT2D eigenvalue weighted by Gasteiger charge is 2.18. The summed E-state index contributed by atoms with van der Waals surface area (Å²) in [5.74, 6) is 2.45. The van der Waals surface area contributed by atoms with Crippen LogP contribution in [0.25, 0.3) is 11.4 Å². The van der Waals surface area contributed by atoms with E-state index in [0.717, 1.165) is 16.7 Å². The van der Waals surface area contributed by atoms with Crippen LogP contribution >= 0.6 is 0 Å². The Balaban J connectivity index is 1.65. The molecule has 0 saturated carbocycles. The van der Waals surface area contributed by atoms with Crippen LogP contribution in [0.15, 0.2) is 40.9 Å². The van der Waals surface area contributed by atoms with Crippen LogP contribution in [-0.2, 0) is 11.3 Å². The van der Waals surface area contributed by atoms with Crippen LogP contribution in [0.3, 0.4) is 0 Å². The zero-order chi connectivity index (χ0) is 22.4. The summed E-state index contributed by atoms with van der Waals surface area (Å²) in [5.41, 5.74) is 2.90. The molecule has 0 radical (unpaired) electrons. The number of aromatic nitrogens is 2. The first-order valence-corrected chi connectivity index (χ1v) is 9.97. The fraction of sp³-hybridized carbons (Fsp3) is 0.348. The molecule has 0 aliphatic heterocycles. The van der Waals surface area contributed by atoms with Crippen molar-refractivity contribution in [2.45, 2.75) is 27.3 Å². The van der Waals surface area contributed by atoms with Gasteiger partial charge in [-0.05, 0) is 62.2 Å². The number of benzene rings is 2. The van der Waals surface area contributed by atoms with Gasteiger partial charge in [0.25, 0.3) is 5.91 Å². The molecule has 1 heterocycles. The molecule has 0 atom stereocenters. The van der Waals surface area contributed by atoms with Crippen molar-refractivity contribution in [3.8, 4) is 28.6 Å². The highest BCUT2D eigenvalue weighted by molar-refractivity contribution is 5.77. The molecule has 0 aliphatic rings. The summed E-state index contributed by atoms with van der Waals surface area (Å²) in [6.07, 6.45) is 0. The number of hydrogen-bond donors (Lipinski definition) is 0. The first-order valence-electron chi connectivity index (χ1n) is 9.97. The highest BCUT2D eigenvalue weighted by atomic mass is 16.5. The van der Waals surface area contributed by atoms with Crippen LogP contribution < -0.4 is 14.2 Å². The zero-order valence-corrected chi connectivity index (χ0v) is 18.5. The Morgan fingerprint density at radius 2 is 1.74 bits per heavy atom. The maximum Gasteiger partial charge on any atom is 0.260 e. The molecule has 0 saturated heterocycles. The Morgan fingerprint density at radius 3 is 2.39 bits per heavy atom. The molecule has 8 heteroatoms. The lowest BCUT2D eigenvalue weighted by Crippen LogP contribution is -2.34. The number of carbonyl (C=O) groups excluding carboxylic acids is 1. The summed E-state index contributed by atoms with van der Waals surface area (Å²) in [5, 5.41) is 4.03. The predicted octanol–water partition coefficient (Wildman–Crippen LogP) is 3.80. The predicted molar refractivity (Wildman–Crippen MR) is 115 cm³/mol. The molecule has 1 aromatic heterocycles. The van der Waals surface area contributed by atoms with Crippen LogP contribution in [0, 0.1) is 13.8 Å². The monoisotopic (exact) mass is 425 g/mol. The van der Waals surface area contributed by atoms with E-state index in [1.807, 2.05) is 39.0 Å². The average molecular weight is 425 g/mol. The molecule has 0 aliphatic carbocycles. The van der Waals surface area contributed by atoms with E-state index in [9.17, 15) is 4.79 Å². The van der Waals surface area contributed by atoms with Crippen molar-refractivity contribution < 1.29 is 23.5 Å². The Labute approximate surface area is 181 Å². The second-order valence-electron chi connectivity index (χ2n) is 7.10. The summed E-state index contributed by atoms with van der Waals surface area (Å²) in [7, 11) is 3.14. The SMILES string of the molecule is CCN(Cc1nc(-c2ccc(OC)c(OC)c2)no1)C(=O)COc1cc(C)cc(C)c1. The first-order chi connectivity index (χ1) is 14.9. The molecule has 164 valence electrons.